The number of halogens is 3. The molecule has 0 radical (unpaired) electrons. The van der Waals surface area contributed by atoms with Crippen LogP contribution in [0.5, 0.6) is 0 Å². The number of nitrogens with one attached hydrogen (secondary N) is 1. The minimum absolute atomic E-state index is 0.286. The van der Waals surface area contributed by atoms with Gasteiger partial charge in [-0.3, -0.25) is 4.79 Å². The van der Waals surface area contributed by atoms with Gasteiger partial charge in [0.05, 0.1) is 6.42 Å². The lowest BCUT2D eigenvalue weighted by atomic mass is 9.99. The zero-order valence-corrected chi connectivity index (χ0v) is 17.0. The molecule has 0 aliphatic rings. The lowest BCUT2D eigenvalue weighted by Gasteiger charge is -2.28. The van der Waals surface area contributed by atoms with Gasteiger partial charge in [0, 0.05) is 35.0 Å². The normalized spacial score (nSPS) is 14.0. The maximum Gasteiger partial charge on any atom is 0.424 e. The van der Waals surface area contributed by atoms with Crippen molar-refractivity contribution >= 4 is 28.6 Å². The third kappa shape index (κ3) is 4.82. The van der Waals surface area contributed by atoms with Crippen LogP contribution < -0.4 is 10.2 Å². The van der Waals surface area contributed by atoms with Crippen LogP contribution in [0.3, 0.4) is 0 Å². The first kappa shape index (κ1) is 22.2. The molecule has 28 heavy (non-hydrogen) atoms. The predicted molar refractivity (Wildman–Crippen MR) is 105 cm³/mol. The Balaban J connectivity index is 2.15. The molecule has 0 spiro atoms. The summed E-state index contributed by atoms with van der Waals surface area (Å²) in [4.78, 5) is 18.1. The SMILES string of the molecule is CCN(c1ccc(NC(=O)CC(O)(c2nc(C)cs2)C(F)(F)F)cc1)C(C)C. The molecule has 9 heteroatoms. The Morgan fingerprint density at radius 3 is 2.32 bits per heavy atom. The molecule has 0 aliphatic heterocycles. The highest BCUT2D eigenvalue weighted by molar-refractivity contribution is 7.09. The average molecular weight is 415 g/mol. The molecular formula is C19H24F3N3O2S. The standard InChI is InChI=1S/C19H24F3N3O2S/c1-5-25(12(2)3)15-8-6-14(7-9-15)24-16(26)10-18(27,19(20,21)22)17-23-13(4)11-28-17/h6-9,11-12,27H,5,10H2,1-4H3,(H,24,26). The predicted octanol–water partition coefficient (Wildman–Crippen LogP) is 4.46. The van der Waals surface area contributed by atoms with Crippen LogP contribution in [-0.4, -0.2) is 34.8 Å². The van der Waals surface area contributed by atoms with Crippen LogP contribution in [0.2, 0.25) is 0 Å². The van der Waals surface area contributed by atoms with Crippen LogP contribution in [0.15, 0.2) is 29.6 Å². The summed E-state index contributed by atoms with van der Waals surface area (Å²) in [5.41, 5.74) is -1.68. The van der Waals surface area contributed by atoms with Gasteiger partial charge >= 0.3 is 6.18 Å². The van der Waals surface area contributed by atoms with E-state index in [1.165, 1.54) is 12.3 Å². The summed E-state index contributed by atoms with van der Waals surface area (Å²) in [6, 6.07) is 7.11. The van der Waals surface area contributed by atoms with Crippen LogP contribution in [-0.2, 0) is 10.4 Å². The molecule has 2 N–H and O–H groups in total. The number of aryl methyl sites for hydroxylation is 1. The Morgan fingerprint density at radius 1 is 1.29 bits per heavy atom. The number of hydrogen-bond acceptors (Lipinski definition) is 5. The highest BCUT2D eigenvalue weighted by atomic mass is 32.1. The Bertz CT molecular complexity index is 806. The van der Waals surface area contributed by atoms with E-state index >= 15 is 0 Å². The molecule has 1 amide bonds. The number of amides is 1. The lowest BCUT2D eigenvalue weighted by molar-refractivity contribution is -0.266. The molecule has 2 aromatic rings. The molecule has 0 saturated heterocycles. The number of aliphatic hydroxyl groups is 1. The van der Waals surface area contributed by atoms with Gasteiger partial charge < -0.3 is 15.3 Å². The number of carbonyl (C=O) groups excluding carboxylic acids is 1. The van der Waals surface area contributed by atoms with Crippen LogP contribution in [0.4, 0.5) is 24.5 Å². The second kappa shape index (κ2) is 8.48. The minimum atomic E-state index is -5.03. The third-order valence-corrected chi connectivity index (χ3v) is 5.42. The molecule has 0 aliphatic carbocycles. The first-order valence-corrected chi connectivity index (χ1v) is 9.74. The maximum absolute atomic E-state index is 13.5. The zero-order valence-electron chi connectivity index (χ0n) is 16.2. The van der Waals surface area contributed by atoms with Crippen molar-refractivity contribution in [3.8, 4) is 0 Å². The van der Waals surface area contributed by atoms with E-state index in [-0.39, 0.29) is 6.04 Å². The summed E-state index contributed by atoms with van der Waals surface area (Å²) in [5, 5.41) is 13.5. The summed E-state index contributed by atoms with van der Waals surface area (Å²) in [7, 11) is 0. The first-order valence-electron chi connectivity index (χ1n) is 8.86. The van der Waals surface area contributed by atoms with Gasteiger partial charge in [-0.1, -0.05) is 0 Å². The largest absolute Gasteiger partial charge is 0.424 e. The Kier molecular flexibility index (Phi) is 6.71. The number of thiazole rings is 1. The first-order chi connectivity index (χ1) is 13.0. The highest BCUT2D eigenvalue weighted by Crippen LogP contribution is 2.43. The van der Waals surface area contributed by atoms with E-state index in [0.717, 1.165) is 12.2 Å². The van der Waals surface area contributed by atoms with E-state index in [4.69, 9.17) is 0 Å². The van der Waals surface area contributed by atoms with Gasteiger partial charge in [0.15, 0.2) is 0 Å². The number of benzene rings is 1. The van der Waals surface area contributed by atoms with Gasteiger partial charge in [0.2, 0.25) is 11.5 Å². The van der Waals surface area contributed by atoms with Crippen LogP contribution >= 0.6 is 11.3 Å². The van der Waals surface area contributed by atoms with E-state index < -0.39 is 29.1 Å². The number of alkyl halides is 3. The van der Waals surface area contributed by atoms with Crippen molar-refractivity contribution in [3.63, 3.8) is 0 Å². The van der Waals surface area contributed by atoms with Gasteiger partial charge in [-0.2, -0.15) is 13.2 Å². The number of nitrogens with zero attached hydrogens (tertiary/aromatic N) is 2. The van der Waals surface area contributed by atoms with E-state index in [9.17, 15) is 23.1 Å². The number of aromatic nitrogens is 1. The molecule has 1 heterocycles. The number of carbonyl (C=O) groups is 1. The maximum atomic E-state index is 13.5. The van der Waals surface area contributed by atoms with Gasteiger partial charge in [-0.15, -0.1) is 11.3 Å². The van der Waals surface area contributed by atoms with Crippen LogP contribution in [0.25, 0.3) is 0 Å². The molecule has 2 rings (SSSR count). The van der Waals surface area contributed by atoms with Crippen molar-refractivity contribution in [3.05, 3.63) is 40.3 Å². The molecule has 0 saturated carbocycles. The summed E-state index contributed by atoms with van der Waals surface area (Å²) < 4.78 is 40.5. The average Bonchev–Trinajstić information content (AvgIpc) is 3.02. The molecule has 0 fully saturated rings. The topological polar surface area (TPSA) is 65.5 Å². The second-order valence-electron chi connectivity index (χ2n) is 6.80. The Hall–Kier alpha value is -2.13. The Labute approximate surface area is 166 Å². The molecular weight excluding hydrogens is 391 g/mol. The van der Waals surface area contributed by atoms with E-state index in [1.54, 1.807) is 24.3 Å². The number of hydrogen-bond donors (Lipinski definition) is 2. The smallest absolute Gasteiger partial charge is 0.374 e. The number of rotatable bonds is 7. The quantitative estimate of drug-likeness (QED) is 0.701. The van der Waals surface area contributed by atoms with Gasteiger partial charge in [0.25, 0.3) is 0 Å². The zero-order chi connectivity index (χ0) is 21.1. The van der Waals surface area contributed by atoms with Crippen molar-refractivity contribution in [2.75, 3.05) is 16.8 Å². The molecule has 5 nitrogen and oxygen atoms in total. The summed E-state index contributed by atoms with van der Waals surface area (Å²) >= 11 is 0.675. The second-order valence-corrected chi connectivity index (χ2v) is 7.66. The van der Waals surface area contributed by atoms with Crippen molar-refractivity contribution < 1.29 is 23.1 Å². The fourth-order valence-corrected chi connectivity index (χ4v) is 3.78. The van der Waals surface area contributed by atoms with E-state index in [0.29, 0.717) is 22.7 Å². The van der Waals surface area contributed by atoms with Crippen molar-refractivity contribution in [1.29, 1.82) is 0 Å². The van der Waals surface area contributed by atoms with Crippen molar-refractivity contribution in [2.24, 2.45) is 0 Å². The van der Waals surface area contributed by atoms with Gasteiger partial charge in [-0.25, -0.2) is 4.98 Å². The monoisotopic (exact) mass is 415 g/mol. The molecule has 154 valence electrons. The molecule has 0 bridgehead atoms. The summed E-state index contributed by atoms with van der Waals surface area (Å²) in [6.07, 6.45) is -6.20. The molecule has 1 aromatic heterocycles. The Morgan fingerprint density at radius 2 is 1.89 bits per heavy atom. The van der Waals surface area contributed by atoms with Gasteiger partial charge in [0.1, 0.15) is 5.01 Å². The molecule has 1 unspecified atom stereocenters. The summed E-state index contributed by atoms with van der Waals surface area (Å²) in [5.74, 6) is -0.948. The third-order valence-electron chi connectivity index (χ3n) is 4.30. The summed E-state index contributed by atoms with van der Waals surface area (Å²) in [6.45, 7) is 8.45. The van der Waals surface area contributed by atoms with Gasteiger partial charge in [-0.05, 0) is 52.0 Å². The minimum Gasteiger partial charge on any atom is -0.374 e. The number of anilines is 2. The van der Waals surface area contributed by atoms with E-state index in [1.807, 2.05) is 6.92 Å². The van der Waals surface area contributed by atoms with E-state index in [2.05, 4.69) is 29.0 Å². The van der Waals surface area contributed by atoms with Crippen LogP contribution in [0, 0.1) is 6.92 Å². The van der Waals surface area contributed by atoms with Crippen LogP contribution in [0.1, 0.15) is 37.9 Å². The fourth-order valence-electron chi connectivity index (χ4n) is 2.86. The lowest BCUT2D eigenvalue weighted by Crippen LogP contribution is -2.45. The molecule has 1 aromatic carbocycles. The van der Waals surface area contributed by atoms with Crippen molar-refractivity contribution in [2.45, 2.75) is 51.9 Å². The fraction of sp³-hybridized carbons (Fsp3) is 0.474. The highest BCUT2D eigenvalue weighted by Gasteiger charge is 2.58. The molecule has 1 atom stereocenters. The van der Waals surface area contributed by atoms with Crippen molar-refractivity contribution in [1.82, 2.24) is 4.98 Å².